The fourth-order valence-electron chi connectivity index (χ4n) is 1.32. The third-order valence-electron chi connectivity index (χ3n) is 2.28. The highest BCUT2D eigenvalue weighted by atomic mass is 15.2. The molecule has 0 amide bonds. The second-order valence-corrected chi connectivity index (χ2v) is 3.50. The van der Waals surface area contributed by atoms with Gasteiger partial charge in [-0.3, -0.25) is 4.98 Å². The van der Waals surface area contributed by atoms with Crippen LogP contribution in [0.4, 0.5) is 11.6 Å². The third-order valence-corrected chi connectivity index (χ3v) is 2.28. The van der Waals surface area contributed by atoms with Gasteiger partial charge in [0.2, 0.25) is 0 Å². The van der Waals surface area contributed by atoms with Gasteiger partial charge >= 0.3 is 0 Å². The molecule has 0 bridgehead atoms. The topological polar surface area (TPSA) is 76.7 Å². The summed E-state index contributed by atoms with van der Waals surface area (Å²) in [4.78, 5) is 4.04. The van der Waals surface area contributed by atoms with Gasteiger partial charge in [-0.25, -0.2) is 0 Å². The maximum Gasteiger partial charge on any atom is 0.149 e. The molecule has 82 valence electrons. The molecule has 0 unspecified atom stereocenters. The number of pyridine rings is 1. The summed E-state index contributed by atoms with van der Waals surface area (Å²) in [5.41, 5.74) is 7.79. The highest BCUT2D eigenvalue weighted by Crippen LogP contribution is 2.08. The molecule has 0 radical (unpaired) electrons. The van der Waals surface area contributed by atoms with E-state index in [2.05, 4.69) is 20.5 Å². The minimum absolute atomic E-state index is 0.422. The van der Waals surface area contributed by atoms with Crippen LogP contribution in [0.1, 0.15) is 11.1 Å². The van der Waals surface area contributed by atoms with Gasteiger partial charge in [-0.2, -0.15) is 0 Å². The van der Waals surface area contributed by atoms with E-state index in [4.69, 9.17) is 5.73 Å². The van der Waals surface area contributed by atoms with Gasteiger partial charge in [-0.05, 0) is 36.2 Å². The van der Waals surface area contributed by atoms with Crippen molar-refractivity contribution in [3.63, 3.8) is 0 Å². The fraction of sp³-hybridized carbons (Fsp3) is 0.182. The van der Waals surface area contributed by atoms with Crippen LogP contribution in [0.5, 0.6) is 0 Å². The standard InChI is InChI=1S/C11H13N5/c1-8-6-13-5-4-9(8)7-14-11-3-2-10(12)15-16-11/h2-6H,7H2,1H3,(H2,12,15)(H,14,16). The number of nitrogens with zero attached hydrogens (tertiary/aromatic N) is 3. The van der Waals surface area contributed by atoms with Crippen molar-refractivity contribution in [1.82, 2.24) is 15.2 Å². The molecule has 0 aliphatic rings. The van der Waals surface area contributed by atoms with Crippen LogP contribution in [0.2, 0.25) is 0 Å². The predicted molar refractivity (Wildman–Crippen MR) is 62.7 cm³/mol. The molecule has 0 fully saturated rings. The van der Waals surface area contributed by atoms with Gasteiger partial charge in [-0.15, -0.1) is 10.2 Å². The number of hydrogen-bond donors (Lipinski definition) is 2. The molecule has 0 saturated heterocycles. The van der Waals surface area contributed by atoms with Crippen molar-refractivity contribution in [2.75, 3.05) is 11.1 Å². The lowest BCUT2D eigenvalue weighted by Crippen LogP contribution is -2.04. The van der Waals surface area contributed by atoms with Crippen LogP contribution in [-0.4, -0.2) is 15.2 Å². The minimum Gasteiger partial charge on any atom is -0.382 e. The molecule has 0 atom stereocenters. The second kappa shape index (κ2) is 4.57. The SMILES string of the molecule is Cc1cnccc1CNc1ccc(N)nn1. The summed E-state index contributed by atoms with van der Waals surface area (Å²) >= 11 is 0. The summed E-state index contributed by atoms with van der Waals surface area (Å²) in [6, 6.07) is 5.50. The first-order chi connectivity index (χ1) is 7.75. The molecule has 5 nitrogen and oxygen atoms in total. The molecule has 2 rings (SSSR count). The average molecular weight is 215 g/mol. The molecular formula is C11H13N5. The van der Waals surface area contributed by atoms with Crippen LogP contribution in [0.25, 0.3) is 0 Å². The second-order valence-electron chi connectivity index (χ2n) is 3.50. The molecular weight excluding hydrogens is 202 g/mol. The summed E-state index contributed by atoms with van der Waals surface area (Å²) in [6.45, 7) is 2.73. The van der Waals surface area contributed by atoms with E-state index in [9.17, 15) is 0 Å². The lowest BCUT2D eigenvalue weighted by Gasteiger charge is -2.07. The van der Waals surface area contributed by atoms with Gasteiger partial charge < -0.3 is 11.1 Å². The van der Waals surface area contributed by atoms with E-state index >= 15 is 0 Å². The Kier molecular flexibility index (Phi) is 2.95. The van der Waals surface area contributed by atoms with Crippen molar-refractivity contribution in [1.29, 1.82) is 0 Å². The molecule has 0 saturated carbocycles. The number of nitrogens with two attached hydrogens (primary N) is 1. The first-order valence-electron chi connectivity index (χ1n) is 4.98. The number of nitrogens with one attached hydrogen (secondary N) is 1. The zero-order valence-corrected chi connectivity index (χ0v) is 9.01. The van der Waals surface area contributed by atoms with Crippen LogP contribution in [0, 0.1) is 6.92 Å². The Balaban J connectivity index is 2.02. The Hall–Kier alpha value is -2.17. The van der Waals surface area contributed by atoms with E-state index in [1.807, 2.05) is 19.2 Å². The van der Waals surface area contributed by atoms with Crippen LogP contribution in [0.3, 0.4) is 0 Å². The van der Waals surface area contributed by atoms with E-state index < -0.39 is 0 Å². The van der Waals surface area contributed by atoms with Crippen molar-refractivity contribution in [3.05, 3.63) is 41.7 Å². The summed E-state index contributed by atoms with van der Waals surface area (Å²) in [7, 11) is 0. The van der Waals surface area contributed by atoms with Crippen molar-refractivity contribution in [2.45, 2.75) is 13.5 Å². The van der Waals surface area contributed by atoms with Crippen LogP contribution < -0.4 is 11.1 Å². The van der Waals surface area contributed by atoms with Crippen molar-refractivity contribution in [2.24, 2.45) is 0 Å². The fourth-order valence-corrected chi connectivity index (χ4v) is 1.32. The number of rotatable bonds is 3. The predicted octanol–water partition coefficient (Wildman–Crippen LogP) is 1.37. The molecule has 5 heteroatoms. The Morgan fingerprint density at radius 3 is 2.81 bits per heavy atom. The highest BCUT2D eigenvalue weighted by Gasteiger charge is 1.98. The normalized spacial score (nSPS) is 10.1. The Morgan fingerprint density at radius 1 is 1.25 bits per heavy atom. The number of nitrogen functional groups attached to an aromatic ring is 1. The minimum atomic E-state index is 0.422. The zero-order valence-electron chi connectivity index (χ0n) is 9.01. The molecule has 2 aromatic rings. The molecule has 2 heterocycles. The average Bonchev–Trinajstić information content (AvgIpc) is 2.30. The molecule has 0 aliphatic carbocycles. The number of aryl methyl sites for hydroxylation is 1. The summed E-state index contributed by atoms with van der Waals surface area (Å²) in [5, 5.41) is 10.9. The first kappa shape index (κ1) is 10.4. The summed E-state index contributed by atoms with van der Waals surface area (Å²) in [6.07, 6.45) is 3.62. The Morgan fingerprint density at radius 2 is 2.12 bits per heavy atom. The first-order valence-corrected chi connectivity index (χ1v) is 4.98. The van der Waals surface area contributed by atoms with E-state index in [0.29, 0.717) is 18.2 Å². The molecule has 2 aromatic heterocycles. The lowest BCUT2D eigenvalue weighted by atomic mass is 10.1. The van der Waals surface area contributed by atoms with Gasteiger partial charge in [0.05, 0.1) is 0 Å². The molecule has 0 aliphatic heterocycles. The van der Waals surface area contributed by atoms with Crippen molar-refractivity contribution < 1.29 is 0 Å². The molecule has 3 N–H and O–H groups in total. The lowest BCUT2D eigenvalue weighted by molar-refractivity contribution is 0.999. The Bertz CT molecular complexity index is 466. The van der Waals surface area contributed by atoms with E-state index in [1.165, 1.54) is 5.56 Å². The van der Waals surface area contributed by atoms with Gasteiger partial charge in [0, 0.05) is 18.9 Å². The van der Waals surface area contributed by atoms with Gasteiger partial charge in [0.25, 0.3) is 0 Å². The zero-order chi connectivity index (χ0) is 11.4. The molecule has 0 spiro atoms. The van der Waals surface area contributed by atoms with Gasteiger partial charge in [0.1, 0.15) is 11.6 Å². The largest absolute Gasteiger partial charge is 0.382 e. The number of hydrogen-bond acceptors (Lipinski definition) is 5. The van der Waals surface area contributed by atoms with Crippen LogP contribution in [0.15, 0.2) is 30.6 Å². The van der Waals surface area contributed by atoms with E-state index in [0.717, 1.165) is 5.56 Å². The van der Waals surface area contributed by atoms with Crippen molar-refractivity contribution >= 4 is 11.6 Å². The highest BCUT2D eigenvalue weighted by molar-refractivity contribution is 5.39. The quantitative estimate of drug-likeness (QED) is 0.808. The smallest absolute Gasteiger partial charge is 0.149 e. The monoisotopic (exact) mass is 215 g/mol. The van der Waals surface area contributed by atoms with Gasteiger partial charge in [0.15, 0.2) is 0 Å². The number of aromatic nitrogens is 3. The maximum absolute atomic E-state index is 5.45. The molecule has 0 aromatic carbocycles. The van der Waals surface area contributed by atoms with Crippen LogP contribution in [-0.2, 0) is 6.54 Å². The summed E-state index contributed by atoms with van der Waals surface area (Å²) in [5.74, 6) is 1.14. The third kappa shape index (κ3) is 2.44. The molecule has 16 heavy (non-hydrogen) atoms. The van der Waals surface area contributed by atoms with Gasteiger partial charge in [-0.1, -0.05) is 0 Å². The van der Waals surface area contributed by atoms with Crippen LogP contribution >= 0.6 is 0 Å². The number of anilines is 2. The van der Waals surface area contributed by atoms with E-state index in [-0.39, 0.29) is 0 Å². The summed E-state index contributed by atoms with van der Waals surface area (Å²) < 4.78 is 0. The maximum atomic E-state index is 5.45. The van der Waals surface area contributed by atoms with Crippen molar-refractivity contribution in [3.8, 4) is 0 Å². The Labute approximate surface area is 93.7 Å². The van der Waals surface area contributed by atoms with E-state index in [1.54, 1.807) is 18.3 Å².